The number of aromatic nitrogens is 2. The van der Waals surface area contributed by atoms with Gasteiger partial charge in [-0.05, 0) is 42.5 Å². The summed E-state index contributed by atoms with van der Waals surface area (Å²) >= 11 is 0. The van der Waals surface area contributed by atoms with Crippen molar-refractivity contribution in [3.63, 3.8) is 0 Å². The third kappa shape index (κ3) is 2.62. The Kier molecular flexibility index (Phi) is 3.50. The van der Waals surface area contributed by atoms with Gasteiger partial charge in [-0.1, -0.05) is 0 Å². The van der Waals surface area contributed by atoms with E-state index in [-0.39, 0.29) is 4.90 Å². The average molecular weight is 317 g/mol. The van der Waals surface area contributed by atoms with Crippen LogP contribution in [0, 0.1) is 0 Å². The summed E-state index contributed by atoms with van der Waals surface area (Å²) in [6.07, 6.45) is 1.69. The van der Waals surface area contributed by atoms with Crippen LogP contribution >= 0.6 is 0 Å². The second kappa shape index (κ2) is 5.34. The minimum atomic E-state index is -3.63. The van der Waals surface area contributed by atoms with E-state index in [1.807, 2.05) is 13.1 Å². The number of hydrogen-bond donors (Lipinski definition) is 1. The van der Waals surface area contributed by atoms with Crippen LogP contribution in [0.2, 0.25) is 0 Å². The van der Waals surface area contributed by atoms with Crippen LogP contribution in [0.5, 0.6) is 5.75 Å². The topological polar surface area (TPSA) is 73.2 Å². The summed E-state index contributed by atoms with van der Waals surface area (Å²) in [7, 11) is -0.263. The molecule has 0 amide bonds. The number of ether oxygens (including phenoxy) is 1. The van der Waals surface area contributed by atoms with E-state index in [1.165, 1.54) is 19.2 Å². The quantitative estimate of drug-likeness (QED) is 0.802. The first-order valence-electron chi connectivity index (χ1n) is 6.58. The van der Waals surface area contributed by atoms with Crippen LogP contribution in [0.4, 0.5) is 5.69 Å². The molecule has 0 saturated heterocycles. The maximum atomic E-state index is 12.4. The number of benzene rings is 2. The molecule has 7 heteroatoms. The van der Waals surface area contributed by atoms with Crippen LogP contribution in [0.25, 0.3) is 10.9 Å². The van der Waals surface area contributed by atoms with Crippen LogP contribution in [0.3, 0.4) is 0 Å². The number of nitrogens with zero attached hydrogens (tertiary/aromatic N) is 2. The maximum Gasteiger partial charge on any atom is 0.261 e. The van der Waals surface area contributed by atoms with Crippen LogP contribution in [0.1, 0.15) is 0 Å². The fourth-order valence-corrected chi connectivity index (χ4v) is 3.25. The molecule has 0 saturated carbocycles. The van der Waals surface area contributed by atoms with E-state index in [9.17, 15) is 8.42 Å². The van der Waals surface area contributed by atoms with Crippen LogP contribution in [0.15, 0.2) is 53.6 Å². The van der Waals surface area contributed by atoms with Crippen molar-refractivity contribution < 1.29 is 13.2 Å². The fourth-order valence-electron chi connectivity index (χ4n) is 2.20. The highest BCUT2D eigenvalue weighted by molar-refractivity contribution is 7.92. The van der Waals surface area contributed by atoms with Gasteiger partial charge < -0.3 is 4.74 Å². The number of hydrogen-bond acceptors (Lipinski definition) is 4. The lowest BCUT2D eigenvalue weighted by Crippen LogP contribution is -2.12. The van der Waals surface area contributed by atoms with Crippen molar-refractivity contribution in [2.75, 3.05) is 11.8 Å². The molecule has 22 heavy (non-hydrogen) atoms. The molecule has 114 valence electrons. The molecule has 1 heterocycles. The molecular weight excluding hydrogens is 302 g/mol. The lowest BCUT2D eigenvalue weighted by Gasteiger charge is -2.09. The number of fused-ring (bicyclic) bond motifs is 1. The summed E-state index contributed by atoms with van der Waals surface area (Å²) in [6.45, 7) is 0. The maximum absolute atomic E-state index is 12.4. The molecule has 2 aromatic carbocycles. The summed E-state index contributed by atoms with van der Waals surface area (Å²) in [5.74, 6) is 0.607. The van der Waals surface area contributed by atoms with E-state index in [1.54, 1.807) is 35.1 Å². The Labute approximate surface area is 128 Å². The molecule has 3 aromatic rings. The summed E-state index contributed by atoms with van der Waals surface area (Å²) in [5.41, 5.74) is 1.43. The van der Waals surface area contributed by atoms with Crippen molar-refractivity contribution in [2.24, 2.45) is 7.05 Å². The molecule has 0 unspecified atom stereocenters. The summed E-state index contributed by atoms with van der Waals surface area (Å²) < 4.78 is 34.1. The van der Waals surface area contributed by atoms with E-state index >= 15 is 0 Å². The molecule has 0 aliphatic rings. The molecule has 0 spiro atoms. The normalized spacial score (nSPS) is 11.5. The zero-order valence-corrected chi connectivity index (χ0v) is 13.0. The van der Waals surface area contributed by atoms with Gasteiger partial charge >= 0.3 is 0 Å². The molecule has 0 atom stereocenters. The average Bonchev–Trinajstić information content (AvgIpc) is 2.88. The van der Waals surface area contributed by atoms with Gasteiger partial charge in [0.1, 0.15) is 5.75 Å². The second-order valence-corrected chi connectivity index (χ2v) is 6.51. The summed E-state index contributed by atoms with van der Waals surface area (Å²) in [5, 5.41) is 5.01. The molecule has 3 rings (SSSR count). The van der Waals surface area contributed by atoms with Gasteiger partial charge in [-0.2, -0.15) is 5.10 Å². The number of methoxy groups -OCH3 is 1. The van der Waals surface area contributed by atoms with Gasteiger partial charge in [0.25, 0.3) is 10.0 Å². The highest BCUT2D eigenvalue weighted by Crippen LogP contribution is 2.22. The molecular formula is C15H15N3O3S. The lowest BCUT2D eigenvalue weighted by molar-refractivity contribution is 0.414. The predicted octanol–water partition coefficient (Wildman–Crippen LogP) is 2.38. The summed E-state index contributed by atoms with van der Waals surface area (Å²) in [4.78, 5) is 0.180. The molecule has 0 aliphatic carbocycles. The Morgan fingerprint density at radius 3 is 2.55 bits per heavy atom. The third-order valence-electron chi connectivity index (χ3n) is 3.37. The predicted molar refractivity (Wildman–Crippen MR) is 84.5 cm³/mol. The zero-order chi connectivity index (χ0) is 15.7. The number of sulfonamides is 1. The van der Waals surface area contributed by atoms with Crippen molar-refractivity contribution >= 4 is 26.6 Å². The Morgan fingerprint density at radius 1 is 1.14 bits per heavy atom. The third-order valence-corrected chi connectivity index (χ3v) is 4.77. The lowest BCUT2D eigenvalue weighted by atomic mass is 10.2. The standard InChI is InChI=1S/C15H15N3O3S/c1-18-15-8-3-12(9-11(15)10-16-18)17-22(19,20)14-6-4-13(21-2)5-7-14/h3-10,17H,1-2H3. The first-order chi connectivity index (χ1) is 10.5. The number of nitrogens with one attached hydrogen (secondary N) is 1. The second-order valence-electron chi connectivity index (χ2n) is 4.82. The van der Waals surface area contributed by atoms with Gasteiger partial charge in [-0.15, -0.1) is 0 Å². The summed E-state index contributed by atoms with van der Waals surface area (Å²) in [6, 6.07) is 11.5. The van der Waals surface area contributed by atoms with Crippen molar-refractivity contribution in [1.82, 2.24) is 9.78 Å². The Balaban J connectivity index is 1.91. The van der Waals surface area contributed by atoms with Crippen molar-refractivity contribution in [1.29, 1.82) is 0 Å². The van der Waals surface area contributed by atoms with Gasteiger partial charge in [0, 0.05) is 18.1 Å². The molecule has 1 aromatic heterocycles. The first kappa shape index (κ1) is 14.4. The molecule has 6 nitrogen and oxygen atoms in total. The smallest absolute Gasteiger partial charge is 0.261 e. The van der Waals surface area contributed by atoms with Gasteiger partial charge in [0.05, 0.1) is 23.7 Å². The zero-order valence-electron chi connectivity index (χ0n) is 12.1. The highest BCUT2D eigenvalue weighted by Gasteiger charge is 2.14. The Hall–Kier alpha value is -2.54. The van der Waals surface area contributed by atoms with E-state index in [2.05, 4.69) is 9.82 Å². The van der Waals surface area contributed by atoms with E-state index in [0.717, 1.165) is 10.9 Å². The fraction of sp³-hybridized carbons (Fsp3) is 0.133. The van der Waals surface area contributed by atoms with Crippen LogP contribution < -0.4 is 9.46 Å². The minimum absolute atomic E-state index is 0.180. The monoisotopic (exact) mass is 317 g/mol. The van der Waals surface area contributed by atoms with Gasteiger partial charge in [0.15, 0.2) is 0 Å². The molecule has 0 aliphatic heterocycles. The van der Waals surface area contributed by atoms with Crippen LogP contribution in [-0.2, 0) is 17.1 Å². The SMILES string of the molecule is COc1ccc(S(=O)(=O)Nc2ccc3c(cnn3C)c2)cc1. The molecule has 0 radical (unpaired) electrons. The molecule has 0 bridgehead atoms. The Bertz CT molecular complexity index is 915. The number of rotatable bonds is 4. The minimum Gasteiger partial charge on any atom is -0.497 e. The van der Waals surface area contributed by atoms with Gasteiger partial charge in [-0.25, -0.2) is 8.42 Å². The molecule has 1 N–H and O–H groups in total. The van der Waals surface area contributed by atoms with Crippen LogP contribution in [-0.4, -0.2) is 25.3 Å². The van der Waals surface area contributed by atoms with Gasteiger partial charge in [0.2, 0.25) is 0 Å². The highest BCUT2D eigenvalue weighted by atomic mass is 32.2. The van der Waals surface area contributed by atoms with Crippen molar-refractivity contribution in [3.05, 3.63) is 48.7 Å². The van der Waals surface area contributed by atoms with Gasteiger partial charge in [-0.3, -0.25) is 9.40 Å². The first-order valence-corrected chi connectivity index (χ1v) is 8.06. The number of aryl methyl sites for hydroxylation is 1. The van der Waals surface area contributed by atoms with E-state index in [0.29, 0.717) is 11.4 Å². The van der Waals surface area contributed by atoms with E-state index < -0.39 is 10.0 Å². The number of anilines is 1. The van der Waals surface area contributed by atoms with E-state index in [4.69, 9.17) is 4.74 Å². The van der Waals surface area contributed by atoms with Crippen molar-refractivity contribution in [3.8, 4) is 5.75 Å². The largest absolute Gasteiger partial charge is 0.497 e. The molecule has 0 fully saturated rings. The Morgan fingerprint density at radius 2 is 1.86 bits per heavy atom. The van der Waals surface area contributed by atoms with Crippen molar-refractivity contribution in [2.45, 2.75) is 4.90 Å².